The highest BCUT2D eigenvalue weighted by Gasteiger charge is 2.25. The topological polar surface area (TPSA) is 44.4 Å². The fourth-order valence-corrected chi connectivity index (χ4v) is 3.40. The highest BCUT2D eigenvalue weighted by Crippen LogP contribution is 2.34. The second-order valence-electron chi connectivity index (χ2n) is 6.69. The minimum Gasteiger partial charge on any atom is -0.372 e. The molecule has 0 aliphatic carbocycles. The van der Waals surface area contributed by atoms with Crippen molar-refractivity contribution in [3.05, 3.63) is 59.8 Å². The molecular formula is C22H27N3O. The molecule has 1 aliphatic rings. The summed E-state index contributed by atoms with van der Waals surface area (Å²) in [6, 6.07) is 14.3. The van der Waals surface area contributed by atoms with Gasteiger partial charge in [0.1, 0.15) is 0 Å². The molecule has 26 heavy (non-hydrogen) atoms. The lowest BCUT2D eigenvalue weighted by atomic mass is 10.0. The van der Waals surface area contributed by atoms with Gasteiger partial charge < -0.3 is 15.5 Å². The van der Waals surface area contributed by atoms with Crippen molar-refractivity contribution in [3.8, 4) is 0 Å². The summed E-state index contributed by atoms with van der Waals surface area (Å²) in [4.78, 5) is 14.7. The highest BCUT2D eigenvalue weighted by atomic mass is 16.2. The van der Waals surface area contributed by atoms with Gasteiger partial charge in [0.2, 0.25) is 0 Å². The van der Waals surface area contributed by atoms with Gasteiger partial charge in [-0.3, -0.25) is 4.79 Å². The van der Waals surface area contributed by atoms with Crippen molar-refractivity contribution in [1.29, 1.82) is 0 Å². The third kappa shape index (κ3) is 3.74. The summed E-state index contributed by atoms with van der Waals surface area (Å²) in [7, 11) is 0. The molecule has 0 radical (unpaired) electrons. The van der Waals surface area contributed by atoms with Crippen molar-refractivity contribution < 1.29 is 4.79 Å². The number of nitrogens with one attached hydrogen (secondary N) is 2. The van der Waals surface area contributed by atoms with E-state index in [4.69, 9.17) is 0 Å². The second kappa shape index (κ2) is 8.09. The molecule has 1 aliphatic heterocycles. The van der Waals surface area contributed by atoms with Crippen LogP contribution in [0, 0.1) is 6.92 Å². The van der Waals surface area contributed by atoms with Gasteiger partial charge in [-0.1, -0.05) is 26.0 Å². The molecule has 2 N–H and O–H groups in total. The summed E-state index contributed by atoms with van der Waals surface area (Å²) in [5, 5.41) is 6.20. The summed E-state index contributed by atoms with van der Waals surface area (Å²) in [6.07, 6.45) is 4.08. The van der Waals surface area contributed by atoms with E-state index in [1.807, 2.05) is 25.1 Å². The Bertz CT molecular complexity index is 803. The number of rotatable bonds is 7. The number of fused-ring (bicyclic) bond motifs is 1. The van der Waals surface area contributed by atoms with Crippen LogP contribution in [0.3, 0.4) is 0 Å². The van der Waals surface area contributed by atoms with Crippen LogP contribution in [-0.4, -0.2) is 19.0 Å². The first kappa shape index (κ1) is 18.1. The van der Waals surface area contributed by atoms with Gasteiger partial charge in [-0.2, -0.15) is 0 Å². The third-order valence-corrected chi connectivity index (χ3v) is 4.64. The molecule has 0 unspecified atom stereocenters. The first-order valence-corrected chi connectivity index (χ1v) is 9.37. The van der Waals surface area contributed by atoms with Gasteiger partial charge in [0.15, 0.2) is 0 Å². The molecular weight excluding hydrogens is 322 g/mol. The minimum atomic E-state index is -0.0597. The van der Waals surface area contributed by atoms with Crippen molar-refractivity contribution in [2.24, 2.45) is 0 Å². The number of carbonyl (C=O) groups excluding carboxylic acids is 1. The van der Waals surface area contributed by atoms with E-state index in [2.05, 4.69) is 53.6 Å². The van der Waals surface area contributed by atoms with E-state index in [-0.39, 0.29) is 5.91 Å². The summed E-state index contributed by atoms with van der Waals surface area (Å²) in [5.74, 6) is -0.0597. The number of anilines is 3. The van der Waals surface area contributed by atoms with Crippen molar-refractivity contribution in [3.63, 3.8) is 0 Å². The molecule has 2 aromatic carbocycles. The Kier molecular flexibility index (Phi) is 5.61. The SMILES string of the molecule is CCCN(CCC)c1ccc(N/C=C2/C(=O)Nc3cccc(C)c32)cc1. The van der Waals surface area contributed by atoms with E-state index in [0.717, 1.165) is 48.4 Å². The summed E-state index contributed by atoms with van der Waals surface area (Å²) >= 11 is 0. The maximum Gasteiger partial charge on any atom is 0.257 e. The van der Waals surface area contributed by atoms with Gasteiger partial charge >= 0.3 is 0 Å². The standard InChI is InChI=1S/C22H27N3O/c1-4-13-25(14-5-2)18-11-9-17(10-12-18)23-15-19-21-16(3)7-6-8-20(21)24-22(19)26/h6-12,15,23H,4-5,13-14H2,1-3H3,(H,24,26)/b19-15+. The average molecular weight is 349 g/mol. The molecule has 0 bridgehead atoms. The molecule has 0 aromatic heterocycles. The summed E-state index contributed by atoms with van der Waals surface area (Å²) < 4.78 is 0. The van der Waals surface area contributed by atoms with Crippen LogP contribution in [0.25, 0.3) is 5.57 Å². The molecule has 3 rings (SSSR count). The number of hydrogen-bond donors (Lipinski definition) is 2. The molecule has 0 saturated carbocycles. The van der Waals surface area contributed by atoms with Gasteiger partial charge in [0.05, 0.1) is 5.57 Å². The summed E-state index contributed by atoms with van der Waals surface area (Å²) in [6.45, 7) is 8.58. The van der Waals surface area contributed by atoms with Crippen molar-refractivity contribution in [1.82, 2.24) is 0 Å². The lowest BCUT2D eigenvalue weighted by Gasteiger charge is -2.24. The Morgan fingerprint density at radius 1 is 1.04 bits per heavy atom. The number of hydrogen-bond acceptors (Lipinski definition) is 3. The fourth-order valence-electron chi connectivity index (χ4n) is 3.40. The monoisotopic (exact) mass is 349 g/mol. The quantitative estimate of drug-likeness (QED) is 0.689. The van der Waals surface area contributed by atoms with Gasteiger partial charge in [-0.25, -0.2) is 0 Å². The van der Waals surface area contributed by atoms with Crippen LogP contribution < -0.4 is 15.5 Å². The van der Waals surface area contributed by atoms with Crippen LogP contribution in [0.15, 0.2) is 48.7 Å². The number of carbonyl (C=O) groups is 1. The van der Waals surface area contributed by atoms with E-state index in [1.54, 1.807) is 6.20 Å². The third-order valence-electron chi connectivity index (χ3n) is 4.64. The van der Waals surface area contributed by atoms with Crippen LogP contribution in [0.1, 0.15) is 37.8 Å². The summed E-state index contributed by atoms with van der Waals surface area (Å²) in [5.41, 5.74) is 5.86. The molecule has 0 fully saturated rings. The molecule has 0 saturated heterocycles. The molecule has 0 atom stereocenters. The van der Waals surface area contributed by atoms with Crippen molar-refractivity contribution in [2.45, 2.75) is 33.6 Å². The maximum absolute atomic E-state index is 12.3. The van der Waals surface area contributed by atoms with Crippen molar-refractivity contribution in [2.75, 3.05) is 28.6 Å². The lowest BCUT2D eigenvalue weighted by Crippen LogP contribution is -2.24. The van der Waals surface area contributed by atoms with E-state index >= 15 is 0 Å². The first-order chi connectivity index (χ1) is 12.6. The van der Waals surface area contributed by atoms with Crippen LogP contribution in [0.5, 0.6) is 0 Å². The first-order valence-electron chi connectivity index (χ1n) is 9.37. The predicted molar refractivity (Wildman–Crippen MR) is 111 cm³/mol. The molecule has 1 heterocycles. The number of benzene rings is 2. The predicted octanol–water partition coefficient (Wildman–Crippen LogP) is 5.03. The molecule has 4 heteroatoms. The Balaban J connectivity index is 1.76. The Morgan fingerprint density at radius 2 is 1.73 bits per heavy atom. The molecule has 136 valence electrons. The number of aryl methyl sites for hydroxylation is 1. The molecule has 0 spiro atoms. The van der Waals surface area contributed by atoms with Gasteiger partial charge in [0.25, 0.3) is 5.91 Å². The molecule has 1 amide bonds. The Hall–Kier alpha value is -2.75. The lowest BCUT2D eigenvalue weighted by molar-refractivity contribution is -0.110. The van der Waals surface area contributed by atoms with Gasteiger partial charge in [0, 0.05) is 41.9 Å². The van der Waals surface area contributed by atoms with Crippen LogP contribution >= 0.6 is 0 Å². The largest absolute Gasteiger partial charge is 0.372 e. The second-order valence-corrected chi connectivity index (χ2v) is 6.69. The van der Waals surface area contributed by atoms with Crippen LogP contribution in [0.4, 0.5) is 17.1 Å². The van der Waals surface area contributed by atoms with E-state index in [9.17, 15) is 4.79 Å². The smallest absolute Gasteiger partial charge is 0.257 e. The minimum absolute atomic E-state index is 0.0597. The fraction of sp³-hybridized carbons (Fsp3) is 0.318. The van der Waals surface area contributed by atoms with Gasteiger partial charge in [-0.05, 0) is 55.7 Å². The Labute approximate surface area is 155 Å². The van der Waals surface area contributed by atoms with E-state index in [1.165, 1.54) is 5.69 Å². The average Bonchev–Trinajstić information content (AvgIpc) is 2.97. The number of amides is 1. The number of nitrogens with zero attached hydrogens (tertiary/aromatic N) is 1. The zero-order valence-corrected chi connectivity index (χ0v) is 15.8. The highest BCUT2D eigenvalue weighted by molar-refractivity contribution is 6.32. The zero-order chi connectivity index (χ0) is 18.5. The zero-order valence-electron chi connectivity index (χ0n) is 15.8. The van der Waals surface area contributed by atoms with E-state index < -0.39 is 0 Å². The van der Waals surface area contributed by atoms with E-state index in [0.29, 0.717) is 5.57 Å². The maximum atomic E-state index is 12.3. The normalized spacial score (nSPS) is 14.3. The van der Waals surface area contributed by atoms with Crippen molar-refractivity contribution >= 4 is 28.5 Å². The van der Waals surface area contributed by atoms with Crippen LogP contribution in [0.2, 0.25) is 0 Å². The molecule has 4 nitrogen and oxygen atoms in total. The Morgan fingerprint density at radius 3 is 2.38 bits per heavy atom. The van der Waals surface area contributed by atoms with Crippen LogP contribution in [-0.2, 0) is 4.79 Å². The van der Waals surface area contributed by atoms with Gasteiger partial charge in [-0.15, -0.1) is 0 Å². The molecule has 2 aromatic rings.